The lowest BCUT2D eigenvalue weighted by molar-refractivity contribution is 0.193. The Labute approximate surface area is 111 Å². The van der Waals surface area contributed by atoms with Crippen molar-refractivity contribution in [2.45, 2.75) is 45.1 Å². The predicted octanol–water partition coefficient (Wildman–Crippen LogP) is 3.76. The van der Waals surface area contributed by atoms with Crippen molar-refractivity contribution >= 4 is 15.9 Å². The third kappa shape index (κ3) is 3.12. The molecule has 0 saturated heterocycles. The fourth-order valence-corrected chi connectivity index (χ4v) is 3.27. The zero-order chi connectivity index (χ0) is 12.3. The lowest BCUT2D eigenvalue weighted by Crippen LogP contribution is -2.35. The summed E-state index contributed by atoms with van der Waals surface area (Å²) in [6.07, 6.45) is 6.44. The number of nitrogens with one attached hydrogen (secondary N) is 1. The first-order valence-electron chi connectivity index (χ1n) is 6.46. The standard InChI is InChI=1S/C13H21BrN2O/c1-2-9-4-3-5-10(8-9)13(16-15)11-6-7-12(14)17-11/h6-7,9-10,13,16H,2-5,8,15H2,1H3. The molecule has 1 aliphatic rings. The van der Waals surface area contributed by atoms with Crippen LogP contribution in [0.1, 0.15) is 50.8 Å². The number of halogens is 1. The molecular formula is C13H21BrN2O. The van der Waals surface area contributed by atoms with Crippen LogP contribution in [0.2, 0.25) is 0 Å². The molecule has 0 aromatic carbocycles. The van der Waals surface area contributed by atoms with Gasteiger partial charge < -0.3 is 4.42 Å². The summed E-state index contributed by atoms with van der Waals surface area (Å²) in [5.41, 5.74) is 2.93. The highest BCUT2D eigenvalue weighted by Gasteiger charge is 2.29. The van der Waals surface area contributed by atoms with Crippen molar-refractivity contribution in [3.63, 3.8) is 0 Å². The Morgan fingerprint density at radius 2 is 2.35 bits per heavy atom. The van der Waals surface area contributed by atoms with Crippen LogP contribution in [-0.2, 0) is 0 Å². The average Bonchev–Trinajstić information content (AvgIpc) is 2.77. The van der Waals surface area contributed by atoms with Gasteiger partial charge in [-0.3, -0.25) is 5.84 Å². The molecule has 0 spiro atoms. The molecule has 1 aliphatic carbocycles. The molecule has 3 N–H and O–H groups in total. The van der Waals surface area contributed by atoms with E-state index in [1.165, 1.54) is 32.1 Å². The third-order valence-corrected chi connectivity index (χ3v) is 4.38. The summed E-state index contributed by atoms with van der Waals surface area (Å²) < 4.78 is 6.41. The Morgan fingerprint density at radius 3 is 2.94 bits per heavy atom. The molecule has 3 unspecified atom stereocenters. The van der Waals surface area contributed by atoms with E-state index < -0.39 is 0 Å². The molecule has 1 aromatic rings. The lowest BCUT2D eigenvalue weighted by Gasteiger charge is -2.33. The van der Waals surface area contributed by atoms with E-state index in [1.807, 2.05) is 12.1 Å². The zero-order valence-corrected chi connectivity index (χ0v) is 11.9. The molecule has 96 valence electrons. The van der Waals surface area contributed by atoms with Gasteiger partial charge in [-0.2, -0.15) is 0 Å². The maximum Gasteiger partial charge on any atom is 0.169 e. The van der Waals surface area contributed by atoms with E-state index in [0.717, 1.165) is 16.3 Å². The maximum absolute atomic E-state index is 5.71. The molecule has 2 rings (SSSR count). The molecule has 17 heavy (non-hydrogen) atoms. The molecule has 0 amide bonds. The average molecular weight is 301 g/mol. The van der Waals surface area contributed by atoms with E-state index in [0.29, 0.717) is 5.92 Å². The van der Waals surface area contributed by atoms with Crippen molar-refractivity contribution in [1.29, 1.82) is 0 Å². The third-order valence-electron chi connectivity index (χ3n) is 3.95. The molecule has 1 saturated carbocycles. The Morgan fingerprint density at radius 1 is 1.53 bits per heavy atom. The summed E-state index contributed by atoms with van der Waals surface area (Å²) in [7, 11) is 0. The monoisotopic (exact) mass is 300 g/mol. The van der Waals surface area contributed by atoms with E-state index >= 15 is 0 Å². The highest BCUT2D eigenvalue weighted by atomic mass is 79.9. The summed E-state index contributed by atoms with van der Waals surface area (Å²) in [4.78, 5) is 0. The molecule has 4 heteroatoms. The van der Waals surface area contributed by atoms with Gasteiger partial charge in [0, 0.05) is 0 Å². The predicted molar refractivity (Wildman–Crippen MR) is 72.2 cm³/mol. The van der Waals surface area contributed by atoms with Crippen molar-refractivity contribution in [2.24, 2.45) is 17.7 Å². The number of nitrogens with two attached hydrogens (primary N) is 1. The van der Waals surface area contributed by atoms with Crippen LogP contribution in [-0.4, -0.2) is 0 Å². The lowest BCUT2D eigenvalue weighted by atomic mass is 9.76. The van der Waals surface area contributed by atoms with Crippen LogP contribution in [0.25, 0.3) is 0 Å². The molecular weight excluding hydrogens is 280 g/mol. The van der Waals surface area contributed by atoms with Crippen LogP contribution >= 0.6 is 15.9 Å². The van der Waals surface area contributed by atoms with E-state index in [-0.39, 0.29) is 6.04 Å². The van der Waals surface area contributed by atoms with Crippen molar-refractivity contribution in [2.75, 3.05) is 0 Å². The van der Waals surface area contributed by atoms with Crippen LogP contribution in [0.3, 0.4) is 0 Å². The minimum absolute atomic E-state index is 0.149. The highest BCUT2D eigenvalue weighted by Crippen LogP contribution is 2.38. The second kappa shape index (κ2) is 6.03. The first-order valence-corrected chi connectivity index (χ1v) is 7.25. The molecule has 0 aliphatic heterocycles. The molecule has 3 atom stereocenters. The second-order valence-corrected chi connectivity index (χ2v) is 5.77. The largest absolute Gasteiger partial charge is 0.453 e. The van der Waals surface area contributed by atoms with E-state index in [9.17, 15) is 0 Å². The summed E-state index contributed by atoms with van der Waals surface area (Å²) in [5, 5.41) is 0. The van der Waals surface area contributed by atoms with E-state index in [4.69, 9.17) is 10.3 Å². The number of furan rings is 1. The van der Waals surface area contributed by atoms with E-state index in [2.05, 4.69) is 28.3 Å². The van der Waals surface area contributed by atoms with Gasteiger partial charge in [0.25, 0.3) is 0 Å². The summed E-state index contributed by atoms with van der Waals surface area (Å²) in [5.74, 6) is 8.10. The molecule has 0 radical (unpaired) electrons. The number of rotatable bonds is 4. The van der Waals surface area contributed by atoms with Crippen molar-refractivity contribution in [3.05, 3.63) is 22.6 Å². The SMILES string of the molecule is CCC1CCCC(C(NN)c2ccc(Br)o2)C1. The molecule has 3 nitrogen and oxygen atoms in total. The van der Waals surface area contributed by atoms with Gasteiger partial charge >= 0.3 is 0 Å². The highest BCUT2D eigenvalue weighted by molar-refractivity contribution is 9.10. The zero-order valence-electron chi connectivity index (χ0n) is 10.3. The van der Waals surface area contributed by atoms with Crippen molar-refractivity contribution in [1.82, 2.24) is 5.43 Å². The fraction of sp³-hybridized carbons (Fsp3) is 0.692. The Bertz CT molecular complexity index is 353. The van der Waals surface area contributed by atoms with Gasteiger partial charge in [-0.15, -0.1) is 0 Å². The van der Waals surface area contributed by atoms with Gasteiger partial charge in [-0.25, -0.2) is 5.43 Å². The van der Waals surface area contributed by atoms with Crippen LogP contribution in [0.4, 0.5) is 0 Å². The molecule has 1 heterocycles. The first kappa shape index (κ1) is 13.1. The Hall–Kier alpha value is -0.320. The molecule has 1 fully saturated rings. The van der Waals surface area contributed by atoms with Gasteiger partial charge in [0.05, 0.1) is 6.04 Å². The van der Waals surface area contributed by atoms with Crippen molar-refractivity contribution in [3.8, 4) is 0 Å². The smallest absolute Gasteiger partial charge is 0.169 e. The van der Waals surface area contributed by atoms with Gasteiger partial charge in [-0.05, 0) is 52.7 Å². The summed E-state index contributed by atoms with van der Waals surface area (Å²) in [6, 6.07) is 4.08. The molecule has 0 bridgehead atoms. The summed E-state index contributed by atoms with van der Waals surface area (Å²) >= 11 is 3.34. The maximum atomic E-state index is 5.71. The van der Waals surface area contributed by atoms with Gasteiger partial charge in [-0.1, -0.05) is 26.2 Å². The topological polar surface area (TPSA) is 51.2 Å². The van der Waals surface area contributed by atoms with Gasteiger partial charge in [0.2, 0.25) is 0 Å². The van der Waals surface area contributed by atoms with Crippen LogP contribution in [0.15, 0.2) is 21.2 Å². The van der Waals surface area contributed by atoms with Crippen LogP contribution < -0.4 is 11.3 Å². The number of hydrazine groups is 1. The van der Waals surface area contributed by atoms with E-state index in [1.54, 1.807) is 0 Å². The normalized spacial score (nSPS) is 27.0. The minimum Gasteiger partial charge on any atom is -0.453 e. The second-order valence-electron chi connectivity index (χ2n) is 4.99. The fourth-order valence-electron chi connectivity index (χ4n) is 2.95. The van der Waals surface area contributed by atoms with Crippen molar-refractivity contribution < 1.29 is 4.42 Å². The number of hydrogen-bond acceptors (Lipinski definition) is 3. The molecule has 1 aromatic heterocycles. The van der Waals surface area contributed by atoms with Gasteiger partial charge in [0.15, 0.2) is 4.67 Å². The van der Waals surface area contributed by atoms with Gasteiger partial charge in [0.1, 0.15) is 5.76 Å². The number of hydrogen-bond donors (Lipinski definition) is 2. The quantitative estimate of drug-likeness (QED) is 0.657. The minimum atomic E-state index is 0.149. The van der Waals surface area contributed by atoms with Crippen LogP contribution in [0.5, 0.6) is 0 Å². The summed E-state index contributed by atoms with van der Waals surface area (Å²) in [6.45, 7) is 2.28. The Kier molecular flexibility index (Phi) is 4.65. The van der Waals surface area contributed by atoms with Crippen LogP contribution in [0, 0.1) is 11.8 Å². The first-order chi connectivity index (χ1) is 8.24. The Balaban J connectivity index is 2.07.